The minimum absolute atomic E-state index is 0.359. The number of rotatable bonds is 4. The summed E-state index contributed by atoms with van der Waals surface area (Å²) >= 11 is 0. The van der Waals surface area contributed by atoms with Crippen LogP contribution in [0.25, 0.3) is 0 Å². The molecule has 1 rings (SSSR count). The third-order valence-electron chi connectivity index (χ3n) is 1.86. The van der Waals surface area contributed by atoms with Crippen molar-refractivity contribution in [3.8, 4) is 0 Å². The molecule has 1 heterocycles. The molecular weight excluding hydrogens is 182 g/mol. The second-order valence-corrected chi connectivity index (χ2v) is 3.01. The summed E-state index contributed by atoms with van der Waals surface area (Å²) in [5, 5.41) is 11.6. The van der Waals surface area contributed by atoms with Crippen LogP contribution in [0, 0.1) is 0 Å². The lowest BCUT2D eigenvalue weighted by molar-refractivity contribution is -0.138. The quantitative estimate of drug-likeness (QED) is 0.642. The smallest absolute Gasteiger partial charge is 0.322 e. The van der Waals surface area contributed by atoms with E-state index in [1.165, 1.54) is 0 Å². The van der Waals surface area contributed by atoms with Gasteiger partial charge in [-0.3, -0.25) is 4.79 Å². The molecule has 0 bridgehead atoms. The van der Waals surface area contributed by atoms with Gasteiger partial charge < -0.3 is 16.2 Å². The summed E-state index contributed by atoms with van der Waals surface area (Å²) in [6.07, 6.45) is 1.63. The Labute approximate surface area is 82.0 Å². The van der Waals surface area contributed by atoms with Crippen LogP contribution in [-0.2, 0) is 4.79 Å². The zero-order valence-electron chi connectivity index (χ0n) is 7.84. The lowest BCUT2D eigenvalue weighted by Crippen LogP contribution is -2.44. The minimum atomic E-state index is -1.03. The van der Waals surface area contributed by atoms with Gasteiger partial charge in [-0.1, -0.05) is 6.07 Å². The lowest BCUT2D eigenvalue weighted by Gasteiger charge is -2.17. The molecule has 0 amide bonds. The van der Waals surface area contributed by atoms with E-state index in [0.717, 1.165) is 0 Å². The lowest BCUT2D eigenvalue weighted by atomic mass is 10.1. The molecule has 14 heavy (non-hydrogen) atoms. The first-order valence-electron chi connectivity index (χ1n) is 4.27. The molecule has 0 aliphatic rings. The van der Waals surface area contributed by atoms with Crippen molar-refractivity contribution in [3.63, 3.8) is 0 Å². The van der Waals surface area contributed by atoms with Gasteiger partial charge in [-0.05, 0) is 19.1 Å². The molecule has 0 fully saturated rings. The predicted octanol–water partition coefficient (Wildman–Crippen LogP) is 0.294. The summed E-state index contributed by atoms with van der Waals surface area (Å²) in [5.41, 5.74) is 5.42. The van der Waals surface area contributed by atoms with E-state index < -0.39 is 12.0 Å². The van der Waals surface area contributed by atoms with E-state index in [4.69, 9.17) is 10.8 Å². The summed E-state index contributed by atoms with van der Waals surface area (Å²) in [7, 11) is 0. The van der Waals surface area contributed by atoms with Crippen molar-refractivity contribution in [3.05, 3.63) is 24.4 Å². The van der Waals surface area contributed by atoms with Crippen LogP contribution >= 0.6 is 0 Å². The van der Waals surface area contributed by atoms with Crippen LogP contribution < -0.4 is 11.1 Å². The molecule has 76 valence electrons. The molecule has 0 radical (unpaired) electrons. The van der Waals surface area contributed by atoms with Crippen LogP contribution in [0.1, 0.15) is 6.92 Å². The second kappa shape index (κ2) is 4.57. The summed E-state index contributed by atoms with van der Waals surface area (Å²) in [6.45, 7) is 1.70. The molecule has 0 unspecified atom stereocenters. The molecule has 0 saturated carbocycles. The highest BCUT2D eigenvalue weighted by Crippen LogP contribution is 2.04. The zero-order chi connectivity index (χ0) is 10.6. The van der Waals surface area contributed by atoms with Crippen molar-refractivity contribution in [1.82, 2.24) is 4.98 Å². The maximum Gasteiger partial charge on any atom is 0.322 e. The van der Waals surface area contributed by atoms with Crippen molar-refractivity contribution < 1.29 is 9.90 Å². The first-order valence-corrected chi connectivity index (χ1v) is 4.27. The Morgan fingerprint density at radius 1 is 1.64 bits per heavy atom. The van der Waals surface area contributed by atoms with Gasteiger partial charge in [0.2, 0.25) is 0 Å². The fraction of sp³-hybridized carbons (Fsp3) is 0.333. The van der Waals surface area contributed by atoms with E-state index in [1.807, 2.05) is 6.07 Å². The average molecular weight is 195 g/mol. The Kier molecular flexibility index (Phi) is 3.41. The summed E-state index contributed by atoms with van der Waals surface area (Å²) in [5.74, 6) is -0.405. The highest BCUT2D eigenvalue weighted by Gasteiger charge is 2.19. The molecule has 0 aliphatic heterocycles. The molecular formula is C9H13N3O2. The molecule has 5 nitrogen and oxygen atoms in total. The van der Waals surface area contributed by atoms with E-state index in [2.05, 4.69) is 10.3 Å². The number of pyridine rings is 1. The first kappa shape index (κ1) is 10.5. The van der Waals surface area contributed by atoms with Crippen LogP contribution in [0.15, 0.2) is 24.4 Å². The van der Waals surface area contributed by atoms with Crippen molar-refractivity contribution in [1.29, 1.82) is 0 Å². The molecule has 0 aromatic carbocycles. The van der Waals surface area contributed by atoms with Crippen LogP contribution in [0.3, 0.4) is 0 Å². The molecule has 1 aromatic heterocycles. The van der Waals surface area contributed by atoms with Gasteiger partial charge in [0.15, 0.2) is 0 Å². The number of carbonyl (C=O) groups is 1. The Balaban J connectivity index is 2.57. The number of hydrogen-bond donors (Lipinski definition) is 3. The number of carboxylic acid groups (broad SMARTS) is 1. The number of nitrogens with two attached hydrogens (primary N) is 1. The van der Waals surface area contributed by atoms with Crippen molar-refractivity contribution in [2.24, 2.45) is 5.73 Å². The molecule has 1 aromatic rings. The monoisotopic (exact) mass is 195 g/mol. The molecule has 4 N–H and O–H groups in total. The van der Waals surface area contributed by atoms with E-state index in [9.17, 15) is 4.79 Å². The predicted molar refractivity (Wildman–Crippen MR) is 52.9 cm³/mol. The Morgan fingerprint density at radius 2 is 2.36 bits per heavy atom. The normalized spacial score (nSPS) is 14.4. The minimum Gasteiger partial charge on any atom is -0.480 e. The van der Waals surface area contributed by atoms with Gasteiger partial charge in [0.1, 0.15) is 11.9 Å². The average Bonchev–Trinajstić information content (AvgIpc) is 2.18. The van der Waals surface area contributed by atoms with Gasteiger partial charge in [-0.15, -0.1) is 0 Å². The maximum absolute atomic E-state index is 10.5. The number of nitrogens with zero attached hydrogens (tertiary/aromatic N) is 1. The number of hydrogen-bond acceptors (Lipinski definition) is 4. The molecule has 0 aliphatic carbocycles. The SMILES string of the molecule is C[C@H](Nc1ccccn1)[C@@H](N)C(=O)O. The number of carboxylic acids is 1. The van der Waals surface area contributed by atoms with Gasteiger partial charge in [-0.2, -0.15) is 0 Å². The Morgan fingerprint density at radius 3 is 2.86 bits per heavy atom. The zero-order valence-corrected chi connectivity index (χ0v) is 7.84. The Bertz CT molecular complexity index is 302. The largest absolute Gasteiger partial charge is 0.480 e. The van der Waals surface area contributed by atoms with Crippen LogP contribution in [0.4, 0.5) is 5.82 Å². The van der Waals surface area contributed by atoms with Crippen LogP contribution in [0.5, 0.6) is 0 Å². The van der Waals surface area contributed by atoms with Gasteiger partial charge in [0.25, 0.3) is 0 Å². The summed E-state index contributed by atoms with van der Waals surface area (Å²) in [4.78, 5) is 14.5. The summed E-state index contributed by atoms with van der Waals surface area (Å²) in [6, 6.07) is 4.06. The first-order chi connectivity index (χ1) is 6.61. The fourth-order valence-electron chi connectivity index (χ4n) is 0.985. The standard InChI is InChI=1S/C9H13N3O2/c1-6(8(10)9(13)14)12-7-4-2-3-5-11-7/h2-6,8H,10H2,1H3,(H,11,12)(H,13,14)/t6-,8+/m0/s1. The van der Waals surface area contributed by atoms with Gasteiger partial charge >= 0.3 is 5.97 Å². The van der Waals surface area contributed by atoms with Crippen LogP contribution in [0.2, 0.25) is 0 Å². The van der Waals surface area contributed by atoms with Crippen molar-refractivity contribution in [2.75, 3.05) is 5.32 Å². The number of aliphatic carboxylic acids is 1. The highest BCUT2D eigenvalue weighted by atomic mass is 16.4. The van der Waals surface area contributed by atoms with Gasteiger partial charge in [0, 0.05) is 6.20 Å². The number of aromatic nitrogens is 1. The van der Waals surface area contributed by atoms with E-state index >= 15 is 0 Å². The highest BCUT2D eigenvalue weighted by molar-refractivity contribution is 5.74. The third kappa shape index (κ3) is 2.70. The molecule has 0 saturated heterocycles. The molecule has 5 heteroatoms. The van der Waals surface area contributed by atoms with E-state index in [-0.39, 0.29) is 6.04 Å². The second-order valence-electron chi connectivity index (χ2n) is 3.01. The van der Waals surface area contributed by atoms with Crippen LogP contribution in [-0.4, -0.2) is 28.1 Å². The van der Waals surface area contributed by atoms with Crippen molar-refractivity contribution >= 4 is 11.8 Å². The Hall–Kier alpha value is -1.62. The summed E-state index contributed by atoms with van der Waals surface area (Å²) < 4.78 is 0. The van der Waals surface area contributed by atoms with E-state index in [0.29, 0.717) is 5.82 Å². The number of nitrogens with one attached hydrogen (secondary N) is 1. The topological polar surface area (TPSA) is 88.2 Å². The molecule has 0 spiro atoms. The van der Waals surface area contributed by atoms with Crippen molar-refractivity contribution in [2.45, 2.75) is 19.0 Å². The fourth-order valence-corrected chi connectivity index (χ4v) is 0.985. The van der Waals surface area contributed by atoms with Gasteiger partial charge in [-0.25, -0.2) is 4.98 Å². The third-order valence-corrected chi connectivity index (χ3v) is 1.86. The maximum atomic E-state index is 10.5. The van der Waals surface area contributed by atoms with Gasteiger partial charge in [0.05, 0.1) is 6.04 Å². The number of anilines is 1. The van der Waals surface area contributed by atoms with E-state index in [1.54, 1.807) is 25.3 Å². The molecule has 2 atom stereocenters.